The molecule has 6 heteroatoms. The van der Waals surface area contributed by atoms with Crippen LogP contribution in [0.4, 0.5) is 0 Å². The summed E-state index contributed by atoms with van der Waals surface area (Å²) in [5, 5.41) is 0.530. The van der Waals surface area contributed by atoms with Crippen molar-refractivity contribution in [3.63, 3.8) is 0 Å². The molecule has 0 radical (unpaired) electrons. The Morgan fingerprint density at radius 2 is 1.64 bits per heavy atom. The van der Waals surface area contributed by atoms with Gasteiger partial charge in [0, 0.05) is 4.88 Å². The lowest BCUT2D eigenvalue weighted by Gasteiger charge is -2.11. The maximum absolute atomic E-state index is 12.1. The van der Waals surface area contributed by atoms with Crippen LogP contribution in [0.2, 0.25) is 0 Å². The van der Waals surface area contributed by atoms with Crippen LogP contribution in [0.25, 0.3) is 0 Å². The van der Waals surface area contributed by atoms with E-state index in [1.54, 1.807) is 18.2 Å². The summed E-state index contributed by atoms with van der Waals surface area (Å²) < 4.78 is 0. The van der Waals surface area contributed by atoms with E-state index in [9.17, 15) is 14.4 Å². The summed E-state index contributed by atoms with van der Waals surface area (Å²) in [5.74, 6) is -1.64. The molecule has 1 aromatic carbocycles. The third-order valence-electron chi connectivity index (χ3n) is 3.33. The van der Waals surface area contributed by atoms with E-state index in [0.29, 0.717) is 15.9 Å². The van der Waals surface area contributed by atoms with Crippen LogP contribution in [-0.4, -0.2) is 22.8 Å². The number of fused-ring (bicyclic) bond motifs is 1. The molecule has 112 valence electrons. The third kappa shape index (κ3) is 2.31. The minimum absolute atomic E-state index is 0.245. The highest BCUT2D eigenvalue weighted by molar-refractivity contribution is 7.14. The van der Waals surface area contributed by atoms with Gasteiger partial charge in [-0.25, -0.2) is 4.79 Å². The summed E-state index contributed by atoms with van der Waals surface area (Å²) in [6.07, 6.45) is 0. The first kappa shape index (κ1) is 14.5. The molecule has 1 aromatic heterocycles. The standard InChI is InChI=1S/C16H13NO4S/c1-9(2)12-7-8-13(22-12)16(20)21-17-14(18)10-5-3-4-6-11(10)15(17)19/h3-9H,1-2H3. The molecule has 1 aliphatic heterocycles. The Morgan fingerprint density at radius 1 is 1.05 bits per heavy atom. The number of benzene rings is 1. The van der Waals surface area contributed by atoms with Crippen molar-refractivity contribution in [3.8, 4) is 0 Å². The van der Waals surface area contributed by atoms with Crippen LogP contribution in [0.5, 0.6) is 0 Å². The topological polar surface area (TPSA) is 63.7 Å². The minimum atomic E-state index is -0.702. The lowest BCUT2D eigenvalue weighted by atomic mass is 10.1. The van der Waals surface area contributed by atoms with E-state index in [0.717, 1.165) is 4.88 Å². The first-order valence-corrected chi connectivity index (χ1v) is 7.60. The Morgan fingerprint density at radius 3 is 2.14 bits per heavy atom. The Balaban J connectivity index is 1.80. The van der Waals surface area contributed by atoms with E-state index in [2.05, 4.69) is 0 Å². The van der Waals surface area contributed by atoms with Gasteiger partial charge in [0.25, 0.3) is 11.8 Å². The Kier molecular flexibility index (Phi) is 3.54. The molecule has 0 bridgehead atoms. The zero-order valence-corrected chi connectivity index (χ0v) is 12.8. The SMILES string of the molecule is CC(C)c1ccc(C(=O)ON2C(=O)c3ccccc3C2=O)s1. The summed E-state index contributed by atoms with van der Waals surface area (Å²) in [4.78, 5) is 42.8. The predicted octanol–water partition coefficient (Wildman–Crippen LogP) is 3.24. The monoisotopic (exact) mass is 315 g/mol. The largest absolute Gasteiger partial charge is 0.373 e. The van der Waals surface area contributed by atoms with Crippen LogP contribution in [-0.2, 0) is 4.84 Å². The quantitative estimate of drug-likeness (QED) is 0.816. The van der Waals surface area contributed by atoms with Gasteiger partial charge in [-0.3, -0.25) is 9.59 Å². The number of rotatable bonds is 3. The van der Waals surface area contributed by atoms with E-state index in [-0.39, 0.29) is 11.1 Å². The van der Waals surface area contributed by atoms with Crippen molar-refractivity contribution >= 4 is 29.1 Å². The average Bonchev–Trinajstić information content (AvgIpc) is 3.08. The number of imide groups is 1. The highest BCUT2D eigenvalue weighted by Gasteiger charge is 2.38. The van der Waals surface area contributed by atoms with Crippen molar-refractivity contribution in [1.29, 1.82) is 0 Å². The van der Waals surface area contributed by atoms with Gasteiger partial charge in [0.15, 0.2) is 0 Å². The molecule has 0 spiro atoms. The Labute approximate surface area is 131 Å². The lowest BCUT2D eigenvalue weighted by Crippen LogP contribution is -2.32. The molecular weight excluding hydrogens is 302 g/mol. The van der Waals surface area contributed by atoms with E-state index < -0.39 is 17.8 Å². The highest BCUT2D eigenvalue weighted by Crippen LogP contribution is 2.27. The van der Waals surface area contributed by atoms with Crippen LogP contribution in [0.1, 0.15) is 55.0 Å². The predicted molar refractivity (Wildman–Crippen MR) is 80.8 cm³/mol. The number of nitrogens with zero attached hydrogens (tertiary/aromatic N) is 1. The first-order valence-electron chi connectivity index (χ1n) is 6.79. The smallest absolute Gasteiger partial charge is 0.323 e. The molecule has 0 N–H and O–H groups in total. The number of hydroxylamine groups is 2. The summed E-state index contributed by atoms with van der Waals surface area (Å²) >= 11 is 1.29. The van der Waals surface area contributed by atoms with Crippen LogP contribution in [0.3, 0.4) is 0 Å². The molecule has 22 heavy (non-hydrogen) atoms. The number of carbonyl (C=O) groups excluding carboxylic acids is 3. The van der Waals surface area contributed by atoms with Crippen molar-refractivity contribution in [2.24, 2.45) is 0 Å². The fourth-order valence-corrected chi connectivity index (χ4v) is 3.03. The van der Waals surface area contributed by atoms with Crippen LogP contribution in [0, 0.1) is 0 Å². The van der Waals surface area contributed by atoms with E-state index in [4.69, 9.17) is 4.84 Å². The lowest BCUT2D eigenvalue weighted by molar-refractivity contribution is -0.0581. The molecule has 2 heterocycles. The molecule has 0 aliphatic carbocycles. The molecule has 0 unspecified atom stereocenters. The third-order valence-corrected chi connectivity index (χ3v) is 4.69. The fraction of sp³-hybridized carbons (Fsp3) is 0.188. The van der Waals surface area contributed by atoms with Crippen LogP contribution >= 0.6 is 11.3 Å². The molecule has 5 nitrogen and oxygen atoms in total. The second-order valence-electron chi connectivity index (χ2n) is 5.19. The van der Waals surface area contributed by atoms with Crippen LogP contribution < -0.4 is 0 Å². The molecule has 1 aliphatic rings. The highest BCUT2D eigenvalue weighted by atomic mass is 32.1. The molecular formula is C16H13NO4S. The second-order valence-corrected chi connectivity index (χ2v) is 6.30. The number of amides is 2. The van der Waals surface area contributed by atoms with Crippen molar-refractivity contribution in [1.82, 2.24) is 5.06 Å². The minimum Gasteiger partial charge on any atom is -0.323 e. The number of carbonyl (C=O) groups is 3. The van der Waals surface area contributed by atoms with E-state index >= 15 is 0 Å². The number of hydrogen-bond acceptors (Lipinski definition) is 5. The van der Waals surface area contributed by atoms with Gasteiger partial charge in [-0.2, -0.15) is 0 Å². The van der Waals surface area contributed by atoms with Gasteiger partial charge < -0.3 is 4.84 Å². The second kappa shape index (κ2) is 5.38. The van der Waals surface area contributed by atoms with E-state index in [1.165, 1.54) is 23.5 Å². The summed E-state index contributed by atoms with van der Waals surface area (Å²) in [7, 11) is 0. The van der Waals surface area contributed by atoms with Crippen LogP contribution in [0.15, 0.2) is 36.4 Å². The maximum atomic E-state index is 12.1. The summed E-state index contributed by atoms with van der Waals surface area (Å²) in [6, 6.07) is 9.86. The Bertz CT molecular complexity index is 743. The fourth-order valence-electron chi connectivity index (χ4n) is 2.15. The molecule has 2 amide bonds. The zero-order chi connectivity index (χ0) is 15.9. The van der Waals surface area contributed by atoms with Gasteiger partial charge in [0.1, 0.15) is 4.88 Å². The van der Waals surface area contributed by atoms with Crippen molar-refractivity contribution < 1.29 is 19.2 Å². The van der Waals surface area contributed by atoms with Gasteiger partial charge in [-0.1, -0.05) is 31.0 Å². The van der Waals surface area contributed by atoms with Crippen molar-refractivity contribution in [2.75, 3.05) is 0 Å². The van der Waals surface area contributed by atoms with Crippen molar-refractivity contribution in [3.05, 3.63) is 57.3 Å². The van der Waals surface area contributed by atoms with E-state index in [1.807, 2.05) is 19.9 Å². The summed E-state index contributed by atoms with van der Waals surface area (Å²) in [6.45, 7) is 4.04. The molecule has 2 aromatic rings. The van der Waals surface area contributed by atoms with Gasteiger partial charge in [0.05, 0.1) is 11.1 Å². The molecule has 0 fully saturated rings. The Hall–Kier alpha value is -2.47. The number of hydrogen-bond donors (Lipinski definition) is 0. The zero-order valence-electron chi connectivity index (χ0n) is 12.0. The average molecular weight is 315 g/mol. The van der Waals surface area contributed by atoms with Gasteiger partial charge in [-0.05, 0) is 30.2 Å². The van der Waals surface area contributed by atoms with Gasteiger partial charge in [0.2, 0.25) is 0 Å². The number of thiophene rings is 1. The van der Waals surface area contributed by atoms with Gasteiger partial charge in [-0.15, -0.1) is 11.3 Å². The molecule has 0 atom stereocenters. The molecule has 0 saturated carbocycles. The molecule has 0 saturated heterocycles. The maximum Gasteiger partial charge on any atom is 0.373 e. The van der Waals surface area contributed by atoms with Crippen molar-refractivity contribution in [2.45, 2.75) is 19.8 Å². The molecule has 3 rings (SSSR count). The normalized spacial score (nSPS) is 13.7. The summed E-state index contributed by atoms with van der Waals surface area (Å²) in [5.41, 5.74) is 0.490. The van der Waals surface area contributed by atoms with Gasteiger partial charge >= 0.3 is 5.97 Å². The first-order chi connectivity index (χ1) is 10.5.